The summed E-state index contributed by atoms with van der Waals surface area (Å²) >= 11 is 1.64. The Balaban J connectivity index is 1.82. The molecule has 1 atom stereocenters. The first-order chi connectivity index (χ1) is 12.7. The van der Waals surface area contributed by atoms with Crippen LogP contribution in [0.1, 0.15) is 47.2 Å². The molecule has 0 saturated carbocycles. The van der Waals surface area contributed by atoms with Gasteiger partial charge in [0, 0.05) is 11.4 Å². The van der Waals surface area contributed by atoms with Crippen LogP contribution >= 0.6 is 11.3 Å². The first kappa shape index (κ1) is 18.6. The Labute approximate surface area is 157 Å². The Morgan fingerprint density at radius 3 is 2.85 bits per heavy atom. The predicted octanol–water partition coefficient (Wildman–Crippen LogP) is 3.98. The third kappa shape index (κ3) is 3.81. The third-order valence-corrected chi connectivity index (χ3v) is 5.48. The van der Waals surface area contributed by atoms with E-state index in [0.29, 0.717) is 31.0 Å². The fourth-order valence-electron chi connectivity index (χ4n) is 3.22. The number of rotatable bonds is 6. The Kier molecular flexibility index (Phi) is 6.06. The van der Waals surface area contributed by atoms with Crippen molar-refractivity contribution in [3.05, 3.63) is 51.7 Å². The molecule has 1 aromatic carbocycles. The van der Waals surface area contributed by atoms with Crippen molar-refractivity contribution in [2.24, 2.45) is 0 Å². The lowest BCUT2D eigenvalue weighted by Gasteiger charge is -2.27. The summed E-state index contributed by atoms with van der Waals surface area (Å²) in [5.74, 6) is -0.473. The van der Waals surface area contributed by atoms with Crippen LogP contribution < -0.4 is 4.90 Å². The van der Waals surface area contributed by atoms with Crippen LogP contribution in [0.5, 0.6) is 0 Å². The number of hydrogen-bond donors (Lipinski definition) is 0. The Bertz CT molecular complexity index is 786. The summed E-state index contributed by atoms with van der Waals surface area (Å²) in [6, 6.07) is 9.18. The molecule has 1 aliphatic rings. The number of para-hydroxylation sites is 1. The number of hydrogen-bond acceptors (Lipinski definition) is 5. The number of carbonyl (C=O) groups is 2. The summed E-state index contributed by atoms with van der Waals surface area (Å²) in [7, 11) is 0. The summed E-state index contributed by atoms with van der Waals surface area (Å²) in [6.07, 6.45) is 0.945. The van der Waals surface area contributed by atoms with Gasteiger partial charge in [-0.2, -0.15) is 0 Å². The monoisotopic (exact) mass is 373 g/mol. The second kappa shape index (κ2) is 8.47. The Hall–Kier alpha value is -2.18. The highest BCUT2D eigenvalue weighted by Crippen LogP contribution is 2.35. The van der Waals surface area contributed by atoms with Crippen molar-refractivity contribution in [1.29, 1.82) is 0 Å². The van der Waals surface area contributed by atoms with E-state index >= 15 is 0 Å². The largest absolute Gasteiger partial charge is 0.462 e. The predicted molar refractivity (Wildman–Crippen MR) is 102 cm³/mol. The zero-order valence-corrected chi connectivity index (χ0v) is 15.9. The average Bonchev–Trinajstić information content (AvgIpc) is 3.13. The molecule has 1 aromatic heterocycles. The van der Waals surface area contributed by atoms with Crippen LogP contribution in [-0.4, -0.2) is 31.6 Å². The van der Waals surface area contributed by atoms with Crippen molar-refractivity contribution < 1.29 is 19.1 Å². The molecule has 0 radical (unpaired) electrons. The number of amides is 1. The number of fused-ring (bicyclic) bond motifs is 1. The molecule has 0 bridgehead atoms. The summed E-state index contributed by atoms with van der Waals surface area (Å²) in [6.45, 7) is 5.07. The standard InChI is InChI=1S/C20H23NO4S/c1-3-21(16-8-6-5-7-15(16)20(23)24-4-2)18(22)13-17-19-14(9-11-25-17)10-12-26-19/h5-8,10,12,17H,3-4,9,11,13H2,1-2H3/t17-/m0/s1. The van der Waals surface area contributed by atoms with Gasteiger partial charge in [-0.05, 0) is 49.4 Å². The number of thiophene rings is 1. The Morgan fingerprint density at radius 2 is 2.08 bits per heavy atom. The average molecular weight is 373 g/mol. The van der Waals surface area contributed by atoms with Crippen molar-refractivity contribution in [1.82, 2.24) is 0 Å². The van der Waals surface area contributed by atoms with Crippen molar-refractivity contribution >= 4 is 28.9 Å². The molecule has 5 nitrogen and oxygen atoms in total. The van der Waals surface area contributed by atoms with Crippen molar-refractivity contribution in [2.45, 2.75) is 32.8 Å². The molecular formula is C20H23NO4S. The van der Waals surface area contributed by atoms with Crippen LogP contribution in [0, 0.1) is 0 Å². The summed E-state index contributed by atoms with van der Waals surface area (Å²) in [5.41, 5.74) is 2.26. The van der Waals surface area contributed by atoms with Gasteiger partial charge in [0.25, 0.3) is 0 Å². The number of nitrogens with zero attached hydrogens (tertiary/aromatic N) is 1. The maximum atomic E-state index is 13.0. The van der Waals surface area contributed by atoms with Crippen LogP contribution in [0.25, 0.3) is 0 Å². The molecule has 0 saturated heterocycles. The SMILES string of the molecule is CCOC(=O)c1ccccc1N(CC)C(=O)C[C@@H]1OCCc2ccsc21. The minimum Gasteiger partial charge on any atom is -0.462 e. The molecule has 0 N–H and O–H groups in total. The number of carbonyl (C=O) groups excluding carboxylic acids is 2. The minimum atomic E-state index is -0.413. The molecule has 0 unspecified atom stereocenters. The van der Waals surface area contributed by atoms with E-state index < -0.39 is 5.97 Å². The zero-order valence-electron chi connectivity index (χ0n) is 15.1. The third-order valence-electron chi connectivity index (χ3n) is 4.43. The van der Waals surface area contributed by atoms with E-state index in [1.54, 1.807) is 41.4 Å². The van der Waals surface area contributed by atoms with Crippen LogP contribution in [-0.2, 0) is 20.7 Å². The topological polar surface area (TPSA) is 55.8 Å². The molecule has 138 valence electrons. The smallest absolute Gasteiger partial charge is 0.340 e. The first-order valence-electron chi connectivity index (χ1n) is 8.90. The molecule has 2 heterocycles. The Morgan fingerprint density at radius 1 is 1.27 bits per heavy atom. The molecular weight excluding hydrogens is 350 g/mol. The number of benzene rings is 1. The van der Waals surface area contributed by atoms with Gasteiger partial charge >= 0.3 is 5.97 Å². The molecule has 0 aliphatic carbocycles. The van der Waals surface area contributed by atoms with E-state index in [2.05, 4.69) is 6.07 Å². The van der Waals surface area contributed by atoms with Gasteiger partial charge in [0.1, 0.15) is 6.10 Å². The first-order valence-corrected chi connectivity index (χ1v) is 9.78. The van der Waals surface area contributed by atoms with E-state index in [0.717, 1.165) is 11.3 Å². The number of esters is 1. The fourth-order valence-corrected chi connectivity index (χ4v) is 4.22. The van der Waals surface area contributed by atoms with Crippen LogP contribution in [0.2, 0.25) is 0 Å². The fraction of sp³-hybridized carbons (Fsp3) is 0.400. The van der Waals surface area contributed by atoms with Crippen molar-refractivity contribution in [3.8, 4) is 0 Å². The van der Waals surface area contributed by atoms with E-state index in [4.69, 9.17) is 9.47 Å². The van der Waals surface area contributed by atoms with E-state index in [9.17, 15) is 9.59 Å². The molecule has 1 aliphatic heterocycles. The summed E-state index contributed by atoms with van der Waals surface area (Å²) < 4.78 is 11.0. The van der Waals surface area contributed by atoms with Gasteiger partial charge in [-0.3, -0.25) is 4.79 Å². The number of ether oxygens (including phenoxy) is 2. The molecule has 0 fully saturated rings. The molecule has 0 spiro atoms. The quantitative estimate of drug-likeness (QED) is 0.719. The lowest BCUT2D eigenvalue weighted by Crippen LogP contribution is -2.34. The van der Waals surface area contributed by atoms with E-state index in [1.165, 1.54) is 5.56 Å². The highest BCUT2D eigenvalue weighted by atomic mass is 32.1. The molecule has 3 rings (SSSR count). The van der Waals surface area contributed by atoms with E-state index in [-0.39, 0.29) is 18.4 Å². The summed E-state index contributed by atoms with van der Waals surface area (Å²) in [4.78, 5) is 28.0. The van der Waals surface area contributed by atoms with Crippen LogP contribution in [0.4, 0.5) is 5.69 Å². The maximum absolute atomic E-state index is 13.0. The zero-order chi connectivity index (χ0) is 18.5. The minimum absolute atomic E-state index is 0.0597. The van der Waals surface area contributed by atoms with Gasteiger partial charge in [-0.25, -0.2) is 4.79 Å². The highest BCUT2D eigenvalue weighted by Gasteiger charge is 2.28. The maximum Gasteiger partial charge on any atom is 0.340 e. The second-order valence-corrected chi connectivity index (χ2v) is 6.95. The highest BCUT2D eigenvalue weighted by molar-refractivity contribution is 7.10. The molecule has 2 aromatic rings. The van der Waals surface area contributed by atoms with Gasteiger partial charge in [-0.1, -0.05) is 12.1 Å². The second-order valence-electron chi connectivity index (χ2n) is 6.00. The van der Waals surface area contributed by atoms with Gasteiger partial charge in [-0.15, -0.1) is 11.3 Å². The van der Waals surface area contributed by atoms with Gasteiger partial charge in [0.05, 0.1) is 30.9 Å². The molecule has 26 heavy (non-hydrogen) atoms. The summed E-state index contributed by atoms with van der Waals surface area (Å²) in [5, 5.41) is 2.05. The molecule has 6 heteroatoms. The number of anilines is 1. The van der Waals surface area contributed by atoms with Gasteiger partial charge < -0.3 is 14.4 Å². The lowest BCUT2D eigenvalue weighted by molar-refractivity contribution is -0.121. The van der Waals surface area contributed by atoms with Gasteiger partial charge in [0.15, 0.2) is 0 Å². The van der Waals surface area contributed by atoms with Crippen LogP contribution in [0.3, 0.4) is 0 Å². The van der Waals surface area contributed by atoms with Crippen LogP contribution in [0.15, 0.2) is 35.7 Å². The lowest BCUT2D eigenvalue weighted by atomic mass is 10.0. The normalized spacial score (nSPS) is 16.0. The molecule has 1 amide bonds. The van der Waals surface area contributed by atoms with Crippen molar-refractivity contribution in [3.63, 3.8) is 0 Å². The van der Waals surface area contributed by atoms with E-state index in [1.807, 2.05) is 18.4 Å². The van der Waals surface area contributed by atoms with Crippen molar-refractivity contribution in [2.75, 3.05) is 24.7 Å². The van der Waals surface area contributed by atoms with Gasteiger partial charge in [0.2, 0.25) is 5.91 Å².